The second-order valence-electron chi connectivity index (χ2n) is 7.83. The van der Waals surface area contributed by atoms with Crippen LogP contribution >= 0.6 is 0 Å². The number of ether oxygens (including phenoxy) is 2. The highest BCUT2D eigenvalue weighted by atomic mass is 19.4. The van der Waals surface area contributed by atoms with E-state index < -0.39 is 23.7 Å². The fraction of sp³-hybridized carbons (Fsp3) is 0.500. The average molecular weight is 409 g/mol. The van der Waals surface area contributed by atoms with Crippen molar-refractivity contribution in [2.75, 3.05) is 32.2 Å². The topological polar surface area (TPSA) is 67.7 Å². The summed E-state index contributed by atoms with van der Waals surface area (Å²) in [6.07, 6.45) is 1.05. The summed E-state index contributed by atoms with van der Waals surface area (Å²) in [6.45, 7) is 1.29. The number of hydrogen-bond acceptors (Lipinski definition) is 6. The van der Waals surface area contributed by atoms with E-state index in [0.29, 0.717) is 30.1 Å². The third kappa shape index (κ3) is 3.48. The summed E-state index contributed by atoms with van der Waals surface area (Å²) >= 11 is 0. The van der Waals surface area contributed by atoms with Gasteiger partial charge in [0.1, 0.15) is 11.3 Å². The zero-order valence-electron chi connectivity index (χ0n) is 16.1. The van der Waals surface area contributed by atoms with E-state index in [-0.39, 0.29) is 11.3 Å². The number of alkyl halides is 3. The summed E-state index contributed by atoms with van der Waals surface area (Å²) in [5.41, 5.74) is 0.255. The van der Waals surface area contributed by atoms with Gasteiger partial charge in [-0.25, -0.2) is 4.98 Å². The first-order chi connectivity index (χ1) is 13.8. The fourth-order valence-electron chi connectivity index (χ4n) is 4.52. The molecule has 1 unspecified atom stereocenters. The van der Waals surface area contributed by atoms with Crippen LogP contribution < -0.4 is 14.4 Å². The molecule has 0 bridgehead atoms. The maximum Gasteiger partial charge on any atom is 0.421 e. The van der Waals surface area contributed by atoms with Crippen LogP contribution in [0.3, 0.4) is 0 Å². The van der Waals surface area contributed by atoms with Gasteiger partial charge in [0.2, 0.25) is 5.88 Å². The van der Waals surface area contributed by atoms with Gasteiger partial charge in [-0.2, -0.15) is 13.2 Å². The highest BCUT2D eigenvalue weighted by Crippen LogP contribution is 2.57. The molecule has 9 heteroatoms. The molecule has 2 aliphatic rings. The van der Waals surface area contributed by atoms with Crippen molar-refractivity contribution in [3.05, 3.63) is 41.9 Å². The largest absolute Gasteiger partial charge is 0.496 e. The minimum absolute atomic E-state index is 0.0272. The van der Waals surface area contributed by atoms with Crippen LogP contribution in [0.15, 0.2) is 30.7 Å². The van der Waals surface area contributed by atoms with Crippen LogP contribution in [0.4, 0.5) is 18.9 Å². The lowest BCUT2D eigenvalue weighted by atomic mass is 9.55. The van der Waals surface area contributed by atoms with E-state index in [1.165, 1.54) is 13.3 Å². The van der Waals surface area contributed by atoms with Gasteiger partial charge in [0.05, 0.1) is 32.2 Å². The number of aliphatic hydroxyl groups excluding tert-OH is 1. The average Bonchev–Trinajstić information content (AvgIpc) is 2.64. The smallest absolute Gasteiger partial charge is 0.421 e. The highest BCUT2D eigenvalue weighted by molar-refractivity contribution is 5.53. The van der Waals surface area contributed by atoms with Crippen LogP contribution in [0.5, 0.6) is 11.6 Å². The lowest BCUT2D eigenvalue weighted by Gasteiger charge is -2.60. The fourth-order valence-corrected chi connectivity index (χ4v) is 4.52. The lowest BCUT2D eigenvalue weighted by Crippen LogP contribution is -2.63. The van der Waals surface area contributed by atoms with Crippen LogP contribution in [0.2, 0.25) is 0 Å². The molecule has 1 atom stereocenters. The SMILES string of the molecule is COc1ccncc1C(O)C1CC2(C1)CN(c1cnc(OC)c(C(F)(F)F)c1)C2. The second kappa shape index (κ2) is 7.05. The van der Waals surface area contributed by atoms with Gasteiger partial charge in [-0.3, -0.25) is 4.98 Å². The maximum atomic E-state index is 13.2. The summed E-state index contributed by atoms with van der Waals surface area (Å²) < 4.78 is 49.7. The minimum Gasteiger partial charge on any atom is -0.496 e. The molecule has 1 spiro atoms. The molecule has 156 valence electrons. The number of anilines is 1. The molecule has 1 aliphatic heterocycles. The predicted molar refractivity (Wildman–Crippen MR) is 98.9 cm³/mol. The van der Waals surface area contributed by atoms with E-state index in [1.807, 2.05) is 4.90 Å². The Morgan fingerprint density at radius 3 is 2.55 bits per heavy atom. The molecule has 1 aliphatic carbocycles. The Morgan fingerprint density at radius 2 is 1.93 bits per heavy atom. The van der Waals surface area contributed by atoms with E-state index >= 15 is 0 Å². The van der Waals surface area contributed by atoms with Crippen molar-refractivity contribution < 1.29 is 27.8 Å². The van der Waals surface area contributed by atoms with Gasteiger partial charge in [0.25, 0.3) is 0 Å². The van der Waals surface area contributed by atoms with E-state index in [2.05, 4.69) is 9.97 Å². The Kier molecular flexibility index (Phi) is 4.80. The molecule has 1 saturated carbocycles. The van der Waals surface area contributed by atoms with E-state index in [4.69, 9.17) is 9.47 Å². The summed E-state index contributed by atoms with van der Waals surface area (Å²) in [7, 11) is 2.72. The van der Waals surface area contributed by atoms with Gasteiger partial charge in [-0.05, 0) is 30.9 Å². The van der Waals surface area contributed by atoms with Crippen molar-refractivity contribution in [3.63, 3.8) is 0 Å². The number of rotatable bonds is 5. The van der Waals surface area contributed by atoms with Gasteiger partial charge in [-0.15, -0.1) is 0 Å². The summed E-state index contributed by atoms with van der Waals surface area (Å²) in [5.74, 6) is 0.261. The molecule has 4 rings (SSSR count). The molecular formula is C20H22F3N3O3. The molecule has 0 radical (unpaired) electrons. The molecule has 2 fully saturated rings. The molecule has 6 nitrogen and oxygen atoms in total. The quantitative estimate of drug-likeness (QED) is 0.816. The van der Waals surface area contributed by atoms with E-state index in [1.54, 1.807) is 25.6 Å². The Hall–Kier alpha value is -2.55. The molecule has 2 aromatic heterocycles. The number of halogens is 3. The molecule has 2 aromatic rings. The van der Waals surface area contributed by atoms with Crippen LogP contribution in [0, 0.1) is 11.3 Å². The summed E-state index contributed by atoms with van der Waals surface area (Å²) in [6, 6.07) is 2.80. The first kappa shape index (κ1) is 19.8. The molecule has 1 saturated heterocycles. The van der Waals surface area contributed by atoms with Crippen LogP contribution in [-0.4, -0.2) is 42.4 Å². The van der Waals surface area contributed by atoms with Crippen molar-refractivity contribution in [2.45, 2.75) is 25.1 Å². The normalized spacial score (nSPS) is 19.4. The Labute approximate surface area is 166 Å². The Bertz CT molecular complexity index is 892. The molecule has 0 aromatic carbocycles. The number of nitrogens with zero attached hydrogens (tertiary/aromatic N) is 3. The number of aromatic nitrogens is 2. The van der Waals surface area contributed by atoms with Crippen LogP contribution in [0.25, 0.3) is 0 Å². The standard InChI is InChI=1S/C20H22F3N3O3/c1-28-16-3-4-24-9-14(16)17(27)12-6-19(7-12)10-26(11-19)13-5-15(20(21,22)23)18(29-2)25-8-13/h3-5,8-9,12,17,27H,6-7,10-11H2,1-2H3. The molecule has 0 amide bonds. The van der Waals surface area contributed by atoms with Crippen molar-refractivity contribution in [1.29, 1.82) is 0 Å². The number of aliphatic hydroxyl groups is 1. The summed E-state index contributed by atoms with van der Waals surface area (Å²) in [5, 5.41) is 10.7. The van der Waals surface area contributed by atoms with Gasteiger partial charge in [-0.1, -0.05) is 0 Å². The molecule has 3 heterocycles. The zero-order chi connectivity index (χ0) is 20.8. The third-order valence-corrected chi connectivity index (χ3v) is 5.94. The van der Waals surface area contributed by atoms with Crippen LogP contribution in [-0.2, 0) is 6.18 Å². The number of methoxy groups -OCH3 is 2. The Balaban J connectivity index is 1.40. The van der Waals surface area contributed by atoms with Crippen LogP contribution in [0.1, 0.15) is 30.1 Å². The van der Waals surface area contributed by atoms with E-state index in [9.17, 15) is 18.3 Å². The lowest BCUT2D eigenvalue weighted by molar-refractivity contribution is -0.139. The first-order valence-corrected chi connectivity index (χ1v) is 9.28. The van der Waals surface area contributed by atoms with Crippen molar-refractivity contribution >= 4 is 5.69 Å². The Morgan fingerprint density at radius 1 is 1.21 bits per heavy atom. The van der Waals surface area contributed by atoms with Gasteiger partial charge >= 0.3 is 6.18 Å². The van der Waals surface area contributed by atoms with Crippen molar-refractivity contribution in [2.24, 2.45) is 11.3 Å². The molecule has 1 N–H and O–H groups in total. The second-order valence-corrected chi connectivity index (χ2v) is 7.83. The number of pyridine rings is 2. The highest BCUT2D eigenvalue weighted by Gasteiger charge is 2.54. The number of hydrogen-bond donors (Lipinski definition) is 1. The van der Waals surface area contributed by atoms with Crippen molar-refractivity contribution in [3.8, 4) is 11.6 Å². The predicted octanol–water partition coefficient (Wildman–Crippen LogP) is 3.46. The minimum atomic E-state index is -4.52. The van der Waals surface area contributed by atoms with E-state index in [0.717, 1.165) is 18.9 Å². The monoisotopic (exact) mass is 409 g/mol. The summed E-state index contributed by atoms with van der Waals surface area (Å²) in [4.78, 5) is 9.76. The zero-order valence-corrected chi connectivity index (χ0v) is 16.1. The molecule has 29 heavy (non-hydrogen) atoms. The van der Waals surface area contributed by atoms with Gasteiger partial charge in [0.15, 0.2) is 0 Å². The third-order valence-electron chi connectivity index (χ3n) is 5.94. The van der Waals surface area contributed by atoms with Gasteiger partial charge < -0.3 is 19.5 Å². The first-order valence-electron chi connectivity index (χ1n) is 9.28. The van der Waals surface area contributed by atoms with Crippen molar-refractivity contribution in [1.82, 2.24) is 9.97 Å². The maximum absolute atomic E-state index is 13.2. The van der Waals surface area contributed by atoms with Gasteiger partial charge in [0, 0.05) is 36.5 Å². The molecular weight excluding hydrogens is 387 g/mol.